The first-order valence-corrected chi connectivity index (χ1v) is 5.46. The molecule has 0 saturated heterocycles. The monoisotopic (exact) mass is 233 g/mol. The van der Waals surface area contributed by atoms with Crippen LogP contribution in [0.2, 0.25) is 0 Å². The fourth-order valence-corrected chi connectivity index (χ4v) is 1.68. The van der Waals surface area contributed by atoms with Crippen LogP contribution in [0.3, 0.4) is 0 Å². The molecule has 0 amide bonds. The van der Waals surface area contributed by atoms with E-state index in [1.165, 1.54) is 0 Å². The molecular weight excluding hydrogens is 218 g/mol. The molecule has 1 unspecified atom stereocenters. The quantitative estimate of drug-likeness (QED) is 0.866. The van der Waals surface area contributed by atoms with Crippen LogP contribution in [0.5, 0.6) is 5.75 Å². The SMILES string of the molecule is CCn1nncc1C(O)c1ccc(OC)cc1. The molecule has 1 aromatic carbocycles. The average Bonchev–Trinajstić information content (AvgIpc) is 2.86. The molecular formula is C12H15N3O2. The molecule has 0 aliphatic heterocycles. The van der Waals surface area contributed by atoms with E-state index in [0.717, 1.165) is 11.3 Å². The minimum Gasteiger partial charge on any atom is -0.497 e. The highest BCUT2D eigenvalue weighted by molar-refractivity contribution is 5.31. The van der Waals surface area contributed by atoms with E-state index in [1.54, 1.807) is 18.0 Å². The highest BCUT2D eigenvalue weighted by atomic mass is 16.5. The Hall–Kier alpha value is -1.88. The summed E-state index contributed by atoms with van der Waals surface area (Å²) >= 11 is 0. The molecule has 1 N–H and O–H groups in total. The standard InChI is InChI=1S/C12H15N3O2/c1-3-15-11(8-13-14-15)12(16)9-4-6-10(17-2)7-5-9/h4-8,12,16H,3H2,1-2H3. The Bertz CT molecular complexity index is 479. The van der Waals surface area contributed by atoms with Crippen LogP contribution in [0, 0.1) is 0 Å². The number of methoxy groups -OCH3 is 1. The van der Waals surface area contributed by atoms with Crippen molar-refractivity contribution < 1.29 is 9.84 Å². The van der Waals surface area contributed by atoms with Gasteiger partial charge in [0.1, 0.15) is 11.9 Å². The lowest BCUT2D eigenvalue weighted by Gasteiger charge is -2.12. The van der Waals surface area contributed by atoms with Crippen LogP contribution in [0.1, 0.15) is 24.3 Å². The normalized spacial score (nSPS) is 12.4. The van der Waals surface area contributed by atoms with Gasteiger partial charge < -0.3 is 9.84 Å². The summed E-state index contributed by atoms with van der Waals surface area (Å²) in [5.41, 5.74) is 1.49. The zero-order chi connectivity index (χ0) is 12.3. The molecule has 0 spiro atoms. The summed E-state index contributed by atoms with van der Waals surface area (Å²) < 4.78 is 6.75. The molecule has 2 aromatic rings. The Labute approximate surface area is 99.7 Å². The van der Waals surface area contributed by atoms with Crippen LogP contribution in [-0.4, -0.2) is 27.2 Å². The first-order valence-electron chi connectivity index (χ1n) is 5.46. The number of aromatic nitrogens is 3. The summed E-state index contributed by atoms with van der Waals surface area (Å²) in [5, 5.41) is 17.9. The van der Waals surface area contributed by atoms with Gasteiger partial charge in [-0.25, -0.2) is 4.68 Å². The number of nitrogens with zero attached hydrogens (tertiary/aromatic N) is 3. The summed E-state index contributed by atoms with van der Waals surface area (Å²) in [6, 6.07) is 7.30. The minimum absolute atomic E-state index is 0.683. The Kier molecular flexibility index (Phi) is 3.39. The van der Waals surface area contributed by atoms with Gasteiger partial charge in [-0.3, -0.25) is 0 Å². The van der Waals surface area contributed by atoms with E-state index in [0.29, 0.717) is 12.2 Å². The molecule has 1 atom stereocenters. The maximum Gasteiger partial charge on any atom is 0.122 e. The van der Waals surface area contributed by atoms with Gasteiger partial charge >= 0.3 is 0 Å². The van der Waals surface area contributed by atoms with Gasteiger partial charge in [0.15, 0.2) is 0 Å². The van der Waals surface area contributed by atoms with Gasteiger partial charge in [-0.2, -0.15) is 0 Å². The van der Waals surface area contributed by atoms with Gasteiger partial charge in [-0.1, -0.05) is 17.3 Å². The number of aryl methyl sites for hydroxylation is 1. The number of hydrogen-bond donors (Lipinski definition) is 1. The van der Waals surface area contributed by atoms with E-state index in [9.17, 15) is 5.11 Å². The van der Waals surface area contributed by atoms with E-state index in [1.807, 2.05) is 31.2 Å². The lowest BCUT2D eigenvalue weighted by Crippen LogP contribution is -2.09. The van der Waals surface area contributed by atoms with Gasteiger partial charge in [-0.15, -0.1) is 5.10 Å². The predicted octanol–water partition coefficient (Wildman–Crippen LogP) is 1.39. The number of rotatable bonds is 4. The van der Waals surface area contributed by atoms with Crippen molar-refractivity contribution in [3.05, 3.63) is 41.7 Å². The second-order valence-electron chi connectivity index (χ2n) is 3.65. The van der Waals surface area contributed by atoms with Gasteiger partial charge in [0.2, 0.25) is 0 Å². The molecule has 0 aliphatic carbocycles. The average molecular weight is 233 g/mol. The van der Waals surface area contributed by atoms with Gasteiger partial charge in [0.25, 0.3) is 0 Å². The third-order valence-electron chi connectivity index (χ3n) is 2.66. The van der Waals surface area contributed by atoms with Crippen molar-refractivity contribution >= 4 is 0 Å². The topological polar surface area (TPSA) is 60.2 Å². The smallest absolute Gasteiger partial charge is 0.122 e. The van der Waals surface area contributed by atoms with Gasteiger partial charge in [-0.05, 0) is 24.6 Å². The van der Waals surface area contributed by atoms with Crippen molar-refractivity contribution in [1.82, 2.24) is 15.0 Å². The molecule has 90 valence electrons. The van der Waals surface area contributed by atoms with Crippen molar-refractivity contribution in [2.75, 3.05) is 7.11 Å². The molecule has 0 saturated carbocycles. The van der Waals surface area contributed by atoms with Crippen molar-refractivity contribution in [2.45, 2.75) is 19.6 Å². The van der Waals surface area contributed by atoms with E-state index in [4.69, 9.17) is 4.74 Å². The van der Waals surface area contributed by atoms with E-state index >= 15 is 0 Å². The molecule has 0 bridgehead atoms. The molecule has 5 nitrogen and oxygen atoms in total. The van der Waals surface area contributed by atoms with Crippen molar-refractivity contribution in [1.29, 1.82) is 0 Å². The Morgan fingerprint density at radius 3 is 2.65 bits per heavy atom. The summed E-state index contributed by atoms with van der Waals surface area (Å²) in [6.45, 7) is 2.64. The fraction of sp³-hybridized carbons (Fsp3) is 0.333. The highest BCUT2D eigenvalue weighted by Gasteiger charge is 2.15. The molecule has 0 aliphatic rings. The van der Waals surface area contributed by atoms with Crippen molar-refractivity contribution in [3.8, 4) is 5.75 Å². The molecule has 0 fully saturated rings. The van der Waals surface area contributed by atoms with E-state index < -0.39 is 6.10 Å². The van der Waals surface area contributed by atoms with Crippen LogP contribution in [0.4, 0.5) is 0 Å². The van der Waals surface area contributed by atoms with Gasteiger partial charge in [0, 0.05) is 6.54 Å². The number of ether oxygens (including phenoxy) is 1. The fourth-order valence-electron chi connectivity index (χ4n) is 1.68. The van der Waals surface area contributed by atoms with Crippen LogP contribution >= 0.6 is 0 Å². The number of benzene rings is 1. The second-order valence-corrected chi connectivity index (χ2v) is 3.65. The Morgan fingerprint density at radius 2 is 2.06 bits per heavy atom. The first kappa shape index (κ1) is 11.6. The number of aliphatic hydroxyl groups is 1. The second kappa shape index (κ2) is 4.97. The molecule has 1 heterocycles. The number of hydrogen-bond acceptors (Lipinski definition) is 4. The van der Waals surface area contributed by atoms with Gasteiger partial charge in [0.05, 0.1) is 19.0 Å². The maximum atomic E-state index is 10.2. The maximum absolute atomic E-state index is 10.2. The highest BCUT2D eigenvalue weighted by Crippen LogP contribution is 2.23. The summed E-state index contributed by atoms with van der Waals surface area (Å²) in [4.78, 5) is 0. The van der Waals surface area contributed by atoms with Crippen LogP contribution < -0.4 is 4.74 Å². The van der Waals surface area contributed by atoms with Crippen molar-refractivity contribution in [3.63, 3.8) is 0 Å². The predicted molar refractivity (Wildman–Crippen MR) is 62.8 cm³/mol. The van der Waals surface area contributed by atoms with Crippen molar-refractivity contribution in [2.24, 2.45) is 0 Å². The van der Waals surface area contributed by atoms with E-state index in [-0.39, 0.29) is 0 Å². The largest absolute Gasteiger partial charge is 0.497 e. The van der Waals surface area contributed by atoms with Crippen LogP contribution in [0.15, 0.2) is 30.5 Å². The third-order valence-corrected chi connectivity index (χ3v) is 2.66. The lowest BCUT2D eigenvalue weighted by molar-refractivity contribution is 0.208. The Balaban J connectivity index is 2.27. The number of aliphatic hydroxyl groups excluding tert-OH is 1. The van der Waals surface area contributed by atoms with E-state index in [2.05, 4.69) is 10.3 Å². The summed E-state index contributed by atoms with van der Waals surface area (Å²) in [6.07, 6.45) is 0.870. The van der Waals surface area contributed by atoms with Crippen LogP contribution in [0.25, 0.3) is 0 Å². The first-order chi connectivity index (χ1) is 8.26. The Morgan fingerprint density at radius 1 is 1.35 bits per heavy atom. The zero-order valence-corrected chi connectivity index (χ0v) is 9.87. The molecule has 2 rings (SSSR count). The minimum atomic E-state index is -0.712. The summed E-state index contributed by atoms with van der Waals surface area (Å²) in [7, 11) is 1.61. The van der Waals surface area contributed by atoms with Crippen LogP contribution in [-0.2, 0) is 6.54 Å². The molecule has 0 radical (unpaired) electrons. The molecule has 5 heteroatoms. The molecule has 1 aromatic heterocycles. The summed E-state index contributed by atoms with van der Waals surface area (Å²) in [5.74, 6) is 0.767. The lowest BCUT2D eigenvalue weighted by atomic mass is 10.1. The third kappa shape index (κ3) is 2.29. The molecule has 17 heavy (non-hydrogen) atoms. The zero-order valence-electron chi connectivity index (χ0n) is 9.87.